The monoisotopic (exact) mass is 539 g/mol. The molecule has 0 radical (unpaired) electrons. The molecule has 0 amide bonds. The van der Waals surface area contributed by atoms with E-state index in [4.69, 9.17) is 0 Å². The molecular weight excluding hydrogens is 507 g/mol. The number of alkyl halides is 2. The number of Topliss-reactive ketones (excluding diaryl/α,β-unsaturated/α-hetero) is 1. The predicted molar refractivity (Wildman–Crippen MR) is 155 cm³/mol. The zero-order chi connectivity index (χ0) is 29.3. The van der Waals surface area contributed by atoms with Gasteiger partial charge in [0.05, 0.1) is 0 Å². The quantitative estimate of drug-likeness (QED) is 0.230. The van der Waals surface area contributed by atoms with Crippen LogP contribution in [0.25, 0.3) is 16.8 Å². The van der Waals surface area contributed by atoms with E-state index in [9.17, 15) is 18.0 Å². The Kier molecular flexibility index (Phi) is 10.3. The maximum Gasteiger partial charge on any atom is 0.302 e. The number of carbonyl (C=O) groups is 1. The second kappa shape index (κ2) is 13.6. The fourth-order valence-electron chi connectivity index (χ4n) is 4.24. The molecule has 0 aliphatic heterocycles. The molecule has 0 aliphatic carbocycles. The fraction of sp³-hybridized carbons (Fsp3) is 0.257. The summed E-state index contributed by atoms with van der Waals surface area (Å²) in [6.07, 6.45) is 8.28. The molecule has 0 N–H and O–H groups in total. The molecule has 3 atom stereocenters. The Balaban J connectivity index is 0.000000472. The summed E-state index contributed by atoms with van der Waals surface area (Å²) < 4.78 is 39.6. The van der Waals surface area contributed by atoms with Crippen molar-refractivity contribution in [2.24, 2.45) is 11.8 Å². The van der Waals surface area contributed by atoms with Crippen LogP contribution in [-0.2, 0) is 4.79 Å². The molecule has 1 unspecified atom stereocenters. The first-order chi connectivity index (χ1) is 19.0. The maximum atomic E-state index is 13.7. The van der Waals surface area contributed by atoms with Gasteiger partial charge in [-0.25, -0.2) is 9.37 Å². The molecule has 5 heteroatoms. The third kappa shape index (κ3) is 8.32. The Bertz CT molecular complexity index is 1500. The summed E-state index contributed by atoms with van der Waals surface area (Å²) >= 11 is 0. The molecule has 1 heterocycles. The normalized spacial score (nSPS) is 13.3. The van der Waals surface area contributed by atoms with Gasteiger partial charge in [-0.3, -0.25) is 4.79 Å². The van der Waals surface area contributed by atoms with Crippen molar-refractivity contribution in [1.29, 1.82) is 0 Å². The van der Waals surface area contributed by atoms with Crippen molar-refractivity contribution >= 4 is 22.6 Å². The SMILES string of the molecule is CC=Cc1cccc([C@@H](C#Cc2ccc3c#cncc3c2)[C@H](C)C(C)C(=O)C(C)(F)F)c1.Cc1ccc(F)cc1. The first kappa shape index (κ1) is 30.2. The van der Waals surface area contributed by atoms with Crippen LogP contribution in [0.1, 0.15) is 55.9 Å². The van der Waals surface area contributed by atoms with E-state index in [2.05, 4.69) is 29.1 Å². The van der Waals surface area contributed by atoms with Gasteiger partial charge in [0.1, 0.15) is 5.82 Å². The molecule has 0 fully saturated rings. The molecule has 4 rings (SSSR count). The highest BCUT2D eigenvalue weighted by molar-refractivity contribution is 5.87. The third-order valence-electron chi connectivity index (χ3n) is 6.68. The summed E-state index contributed by atoms with van der Waals surface area (Å²) in [7, 11) is 0. The summed E-state index contributed by atoms with van der Waals surface area (Å²) in [5.74, 6) is 0.169. The van der Waals surface area contributed by atoms with E-state index in [0.717, 1.165) is 33.0 Å². The van der Waals surface area contributed by atoms with E-state index in [1.165, 1.54) is 12.1 Å². The lowest BCUT2D eigenvalue weighted by Gasteiger charge is -2.27. The fourth-order valence-corrected chi connectivity index (χ4v) is 4.24. The highest BCUT2D eigenvalue weighted by atomic mass is 19.3. The summed E-state index contributed by atoms with van der Waals surface area (Å²) in [6.45, 7) is 7.89. The number of fused-ring (bicyclic) bond motifs is 1. The lowest BCUT2D eigenvalue weighted by molar-refractivity contribution is -0.146. The molecule has 4 aromatic rings. The van der Waals surface area contributed by atoms with Crippen LogP contribution >= 0.6 is 0 Å². The van der Waals surface area contributed by atoms with Gasteiger partial charge in [0, 0.05) is 47.5 Å². The lowest BCUT2D eigenvalue weighted by atomic mass is 9.77. The number of nitrogens with zero attached hydrogens (tertiary/aromatic N) is 1. The molecule has 2 nitrogen and oxygen atoms in total. The minimum atomic E-state index is -3.38. The molecule has 3 aromatic carbocycles. The first-order valence-electron chi connectivity index (χ1n) is 13.1. The summed E-state index contributed by atoms with van der Waals surface area (Å²) in [5, 5.41) is 1.78. The van der Waals surface area contributed by atoms with Crippen molar-refractivity contribution in [1.82, 2.24) is 4.98 Å². The highest BCUT2D eigenvalue weighted by Crippen LogP contribution is 2.34. The van der Waals surface area contributed by atoms with E-state index in [0.29, 0.717) is 6.92 Å². The van der Waals surface area contributed by atoms with Crippen LogP contribution in [0.5, 0.6) is 0 Å². The van der Waals surface area contributed by atoms with Gasteiger partial charge >= 0.3 is 5.92 Å². The van der Waals surface area contributed by atoms with Gasteiger partial charge in [0.15, 0.2) is 0 Å². The van der Waals surface area contributed by atoms with Crippen molar-refractivity contribution in [3.63, 3.8) is 0 Å². The van der Waals surface area contributed by atoms with Crippen molar-refractivity contribution in [3.05, 3.63) is 119 Å². The average Bonchev–Trinajstić information content (AvgIpc) is 2.94. The van der Waals surface area contributed by atoms with Gasteiger partial charge in [0.25, 0.3) is 0 Å². The van der Waals surface area contributed by atoms with E-state index < -0.39 is 29.5 Å². The topological polar surface area (TPSA) is 30.0 Å². The second-order valence-electron chi connectivity index (χ2n) is 9.91. The van der Waals surface area contributed by atoms with Crippen molar-refractivity contribution in [2.75, 3.05) is 0 Å². The zero-order valence-corrected chi connectivity index (χ0v) is 23.3. The molecule has 0 saturated carbocycles. The number of aromatic nitrogens is 1. The number of rotatable bonds is 6. The zero-order valence-electron chi connectivity index (χ0n) is 23.3. The van der Waals surface area contributed by atoms with E-state index in [-0.39, 0.29) is 5.82 Å². The van der Waals surface area contributed by atoms with Crippen molar-refractivity contribution < 1.29 is 18.0 Å². The van der Waals surface area contributed by atoms with Gasteiger partial charge in [-0.1, -0.05) is 79.8 Å². The molecule has 0 saturated heterocycles. The molecule has 204 valence electrons. The predicted octanol–water partition coefficient (Wildman–Crippen LogP) is 8.63. The van der Waals surface area contributed by atoms with Crippen LogP contribution in [-0.4, -0.2) is 16.7 Å². The maximum absolute atomic E-state index is 13.7. The second-order valence-corrected chi connectivity index (χ2v) is 9.91. The number of benzene rings is 3. The summed E-state index contributed by atoms with van der Waals surface area (Å²) in [4.78, 5) is 16.3. The van der Waals surface area contributed by atoms with Crippen molar-refractivity contribution in [3.8, 4) is 11.8 Å². The van der Waals surface area contributed by atoms with Crippen LogP contribution in [0.4, 0.5) is 13.2 Å². The Hall–Kier alpha value is -4.35. The van der Waals surface area contributed by atoms with Crippen LogP contribution in [0.2, 0.25) is 0 Å². The highest BCUT2D eigenvalue weighted by Gasteiger charge is 2.40. The molecular formula is C35H32F3NO. The van der Waals surface area contributed by atoms with Crippen molar-refractivity contribution in [2.45, 2.75) is 46.5 Å². The number of hydrogen-bond donors (Lipinski definition) is 0. The average molecular weight is 540 g/mol. The Morgan fingerprint density at radius 3 is 2.42 bits per heavy atom. The van der Waals surface area contributed by atoms with E-state index >= 15 is 0 Å². The molecule has 0 spiro atoms. The minimum Gasteiger partial charge on any atom is -0.293 e. The molecule has 0 bridgehead atoms. The standard InChI is InChI=1S/C28H25F2NO.C7H7F/c1-5-7-21-8-6-9-24(16-21)26(19(2)20(3)27(32)28(4,29)30)13-11-22-10-12-23-14-15-31-18-25(23)17-22;1-6-2-4-7(8)5-3-6/h5-10,12,16-20,26H,1-4H3;2-5H,1H3/t19-,20?,26+;/m1./s1. The van der Waals surface area contributed by atoms with Crippen LogP contribution in [0.15, 0.2) is 79.0 Å². The third-order valence-corrected chi connectivity index (χ3v) is 6.68. The molecule has 1 aromatic heterocycles. The van der Waals surface area contributed by atoms with Gasteiger partial charge < -0.3 is 0 Å². The lowest BCUT2D eigenvalue weighted by Crippen LogP contribution is -2.35. The Labute approximate surface area is 235 Å². The smallest absolute Gasteiger partial charge is 0.293 e. The minimum absolute atomic E-state index is 0.171. The number of halogens is 3. The number of hydrogen-bond acceptors (Lipinski definition) is 2. The molecule has 0 aliphatic rings. The Morgan fingerprint density at radius 2 is 1.77 bits per heavy atom. The van der Waals surface area contributed by atoms with Crippen LogP contribution in [0.3, 0.4) is 0 Å². The van der Waals surface area contributed by atoms with Crippen LogP contribution < -0.4 is 0 Å². The molecule has 40 heavy (non-hydrogen) atoms. The summed E-state index contributed by atoms with van der Waals surface area (Å²) in [6, 6.07) is 22.8. The summed E-state index contributed by atoms with van der Waals surface area (Å²) in [5.41, 5.74) is 3.75. The van der Waals surface area contributed by atoms with Gasteiger partial charge in [0.2, 0.25) is 5.78 Å². The van der Waals surface area contributed by atoms with Crippen LogP contribution in [0, 0.1) is 48.7 Å². The number of ketones is 1. The van der Waals surface area contributed by atoms with Gasteiger partial charge in [-0.05, 0) is 67.3 Å². The number of aryl methyl sites for hydroxylation is 1. The number of carbonyl (C=O) groups excluding carboxylic acids is 1. The van der Waals surface area contributed by atoms with E-state index in [1.807, 2.05) is 75.4 Å². The van der Waals surface area contributed by atoms with Gasteiger partial charge in [-0.15, -0.1) is 0 Å². The first-order valence-corrected chi connectivity index (χ1v) is 13.1. The number of allylic oxidation sites excluding steroid dienone is 1. The largest absolute Gasteiger partial charge is 0.302 e. The van der Waals surface area contributed by atoms with Gasteiger partial charge in [-0.2, -0.15) is 8.78 Å². The van der Waals surface area contributed by atoms with E-state index in [1.54, 1.807) is 25.3 Å². The Morgan fingerprint density at radius 1 is 1.05 bits per heavy atom.